The molecule has 0 aliphatic carbocycles. The minimum absolute atomic E-state index is 0.563. The van der Waals surface area contributed by atoms with Gasteiger partial charge in [-0.2, -0.15) is 4.98 Å². The second kappa shape index (κ2) is 5.48. The number of likely N-dealkylation sites (N-methyl/N-ethyl adjacent to an activating group) is 1. The number of ether oxygens (including phenoxy) is 1. The number of rotatable bonds is 3. The van der Waals surface area contributed by atoms with Crippen LogP contribution in [0.3, 0.4) is 0 Å². The molecule has 0 spiro atoms. The molecule has 2 aliphatic rings. The van der Waals surface area contributed by atoms with Gasteiger partial charge in [-0.1, -0.05) is 0 Å². The van der Waals surface area contributed by atoms with Gasteiger partial charge < -0.3 is 15.4 Å². The molecule has 1 aromatic heterocycles. The Morgan fingerprint density at radius 3 is 2.90 bits per heavy atom. The van der Waals surface area contributed by atoms with Gasteiger partial charge in [0.1, 0.15) is 5.82 Å². The first-order valence-corrected chi connectivity index (χ1v) is 7.55. The standard InChI is InChI=1S/C15H24N4O/c1-3-20-15-13(16)6-7-14(17-15)19-9-8-11-4-5-12(10-19)18(11)2/h6-7,11-12H,3-5,8-10,16H2,1-2H3. The second-order valence-corrected chi connectivity index (χ2v) is 5.78. The summed E-state index contributed by atoms with van der Waals surface area (Å²) in [7, 11) is 2.26. The Bertz CT molecular complexity index is 479. The summed E-state index contributed by atoms with van der Waals surface area (Å²) in [6.45, 7) is 4.66. The van der Waals surface area contributed by atoms with Crippen LogP contribution in [0.4, 0.5) is 11.5 Å². The van der Waals surface area contributed by atoms with Crippen molar-refractivity contribution in [2.75, 3.05) is 37.4 Å². The van der Waals surface area contributed by atoms with E-state index in [2.05, 4.69) is 21.8 Å². The lowest BCUT2D eigenvalue weighted by molar-refractivity contribution is 0.254. The van der Waals surface area contributed by atoms with Crippen molar-refractivity contribution in [2.45, 2.75) is 38.3 Å². The van der Waals surface area contributed by atoms with E-state index >= 15 is 0 Å². The highest BCUT2D eigenvalue weighted by molar-refractivity contribution is 5.54. The highest BCUT2D eigenvalue weighted by atomic mass is 16.5. The Morgan fingerprint density at radius 2 is 2.10 bits per heavy atom. The molecule has 2 fully saturated rings. The third-order valence-electron chi connectivity index (χ3n) is 4.63. The summed E-state index contributed by atoms with van der Waals surface area (Å²) >= 11 is 0. The highest BCUT2D eigenvalue weighted by Crippen LogP contribution is 2.31. The molecule has 0 amide bonds. The molecule has 20 heavy (non-hydrogen) atoms. The Kier molecular flexibility index (Phi) is 3.70. The van der Waals surface area contributed by atoms with Gasteiger partial charge in [0, 0.05) is 25.2 Å². The number of nitrogen functional groups attached to an aromatic ring is 1. The van der Waals surface area contributed by atoms with E-state index in [0.29, 0.717) is 24.2 Å². The van der Waals surface area contributed by atoms with Crippen molar-refractivity contribution in [1.82, 2.24) is 9.88 Å². The van der Waals surface area contributed by atoms with Crippen LogP contribution in [0.25, 0.3) is 0 Å². The number of pyridine rings is 1. The number of anilines is 2. The summed E-state index contributed by atoms with van der Waals surface area (Å²) in [6.07, 6.45) is 3.85. The number of nitrogens with two attached hydrogens (primary N) is 1. The normalized spacial score (nSPS) is 26.6. The maximum Gasteiger partial charge on any atom is 0.239 e. The van der Waals surface area contributed by atoms with Crippen LogP contribution in [0.1, 0.15) is 26.2 Å². The molecule has 2 saturated heterocycles. The molecule has 0 radical (unpaired) electrons. The SMILES string of the molecule is CCOc1nc(N2CCC3CCC(C2)N3C)ccc1N. The molecule has 3 rings (SSSR count). The average molecular weight is 276 g/mol. The molecule has 2 N–H and O–H groups in total. The lowest BCUT2D eigenvalue weighted by Crippen LogP contribution is -2.37. The number of hydrogen-bond donors (Lipinski definition) is 1. The monoisotopic (exact) mass is 276 g/mol. The molecule has 2 unspecified atom stereocenters. The summed E-state index contributed by atoms with van der Waals surface area (Å²) < 4.78 is 5.51. The van der Waals surface area contributed by atoms with Gasteiger partial charge in [0.05, 0.1) is 12.3 Å². The molecule has 2 aliphatic heterocycles. The first kappa shape index (κ1) is 13.5. The van der Waals surface area contributed by atoms with Crippen molar-refractivity contribution in [2.24, 2.45) is 0 Å². The van der Waals surface area contributed by atoms with E-state index in [4.69, 9.17) is 10.5 Å². The van der Waals surface area contributed by atoms with Crippen LogP contribution in [0.2, 0.25) is 0 Å². The topological polar surface area (TPSA) is 54.6 Å². The second-order valence-electron chi connectivity index (χ2n) is 5.78. The van der Waals surface area contributed by atoms with Gasteiger partial charge in [-0.3, -0.25) is 4.90 Å². The van der Waals surface area contributed by atoms with Crippen LogP contribution in [0, 0.1) is 0 Å². The zero-order valence-electron chi connectivity index (χ0n) is 12.4. The highest BCUT2D eigenvalue weighted by Gasteiger charge is 2.35. The van der Waals surface area contributed by atoms with Gasteiger partial charge in [-0.05, 0) is 45.4 Å². The molecule has 0 aromatic carbocycles. The van der Waals surface area contributed by atoms with Gasteiger partial charge in [-0.25, -0.2) is 0 Å². The molecule has 2 bridgehead atoms. The summed E-state index contributed by atoms with van der Waals surface area (Å²) in [6, 6.07) is 5.30. The quantitative estimate of drug-likeness (QED) is 0.911. The zero-order valence-corrected chi connectivity index (χ0v) is 12.4. The van der Waals surface area contributed by atoms with E-state index in [-0.39, 0.29) is 0 Å². The summed E-state index contributed by atoms with van der Waals surface area (Å²) in [5, 5.41) is 0. The van der Waals surface area contributed by atoms with Crippen LogP contribution in [-0.2, 0) is 0 Å². The van der Waals surface area contributed by atoms with E-state index in [1.807, 2.05) is 19.1 Å². The third-order valence-corrected chi connectivity index (χ3v) is 4.63. The fourth-order valence-electron chi connectivity index (χ4n) is 3.39. The van der Waals surface area contributed by atoms with Gasteiger partial charge >= 0.3 is 0 Å². The Balaban J connectivity index is 1.80. The third kappa shape index (κ3) is 2.42. The largest absolute Gasteiger partial charge is 0.476 e. The summed E-state index contributed by atoms with van der Waals surface area (Å²) in [5.74, 6) is 1.55. The van der Waals surface area contributed by atoms with Gasteiger partial charge in [0.15, 0.2) is 0 Å². The first-order chi connectivity index (χ1) is 9.69. The van der Waals surface area contributed by atoms with E-state index in [9.17, 15) is 0 Å². The van der Waals surface area contributed by atoms with Crippen molar-refractivity contribution < 1.29 is 4.74 Å². The molecule has 3 heterocycles. The maximum atomic E-state index is 5.90. The van der Waals surface area contributed by atoms with E-state index in [0.717, 1.165) is 24.9 Å². The maximum absolute atomic E-state index is 5.90. The number of nitrogens with zero attached hydrogens (tertiary/aromatic N) is 3. The van der Waals surface area contributed by atoms with Crippen molar-refractivity contribution in [3.63, 3.8) is 0 Å². The van der Waals surface area contributed by atoms with E-state index < -0.39 is 0 Å². The van der Waals surface area contributed by atoms with Crippen LogP contribution in [0.5, 0.6) is 5.88 Å². The zero-order chi connectivity index (χ0) is 14.1. The van der Waals surface area contributed by atoms with Crippen molar-refractivity contribution in [3.05, 3.63) is 12.1 Å². The van der Waals surface area contributed by atoms with Crippen molar-refractivity contribution >= 4 is 11.5 Å². The molecule has 110 valence electrons. The van der Waals surface area contributed by atoms with Gasteiger partial charge in [0.2, 0.25) is 5.88 Å². The Labute approximate surface area is 120 Å². The van der Waals surface area contributed by atoms with Crippen molar-refractivity contribution in [3.8, 4) is 5.88 Å². The molecule has 5 nitrogen and oxygen atoms in total. The van der Waals surface area contributed by atoms with Crippen LogP contribution in [-0.4, -0.2) is 48.7 Å². The molecule has 2 atom stereocenters. The predicted octanol–water partition coefficient (Wildman–Crippen LogP) is 1.74. The molecule has 1 aromatic rings. The Morgan fingerprint density at radius 1 is 1.30 bits per heavy atom. The van der Waals surface area contributed by atoms with Crippen LogP contribution >= 0.6 is 0 Å². The lowest BCUT2D eigenvalue weighted by atomic mass is 10.1. The van der Waals surface area contributed by atoms with Crippen molar-refractivity contribution in [1.29, 1.82) is 0 Å². The minimum atomic E-state index is 0.563. The fourth-order valence-corrected chi connectivity index (χ4v) is 3.39. The lowest BCUT2D eigenvalue weighted by Gasteiger charge is -2.27. The number of aromatic nitrogens is 1. The van der Waals surface area contributed by atoms with Crippen LogP contribution < -0.4 is 15.4 Å². The first-order valence-electron chi connectivity index (χ1n) is 7.55. The fraction of sp³-hybridized carbons (Fsp3) is 0.667. The molecule has 5 heteroatoms. The average Bonchev–Trinajstić information content (AvgIpc) is 2.67. The van der Waals surface area contributed by atoms with Gasteiger partial charge in [0.25, 0.3) is 0 Å². The van der Waals surface area contributed by atoms with Crippen LogP contribution in [0.15, 0.2) is 12.1 Å². The minimum Gasteiger partial charge on any atom is -0.476 e. The van der Waals surface area contributed by atoms with E-state index in [1.165, 1.54) is 19.3 Å². The van der Waals surface area contributed by atoms with E-state index in [1.54, 1.807) is 0 Å². The molecular formula is C15H24N4O. The number of fused-ring (bicyclic) bond motifs is 2. The number of hydrogen-bond acceptors (Lipinski definition) is 5. The smallest absolute Gasteiger partial charge is 0.239 e. The molecule has 0 saturated carbocycles. The molecular weight excluding hydrogens is 252 g/mol. The van der Waals surface area contributed by atoms with Gasteiger partial charge in [-0.15, -0.1) is 0 Å². The Hall–Kier alpha value is -1.49. The predicted molar refractivity (Wildman–Crippen MR) is 81.2 cm³/mol. The summed E-state index contributed by atoms with van der Waals surface area (Å²) in [4.78, 5) is 9.52. The summed E-state index contributed by atoms with van der Waals surface area (Å²) in [5.41, 5.74) is 6.52.